The molecule has 0 N–H and O–H groups in total. The van der Waals surface area contributed by atoms with Crippen molar-refractivity contribution in [3.8, 4) is 17.4 Å². The summed E-state index contributed by atoms with van der Waals surface area (Å²) >= 11 is 5.85. The summed E-state index contributed by atoms with van der Waals surface area (Å²) in [6.45, 7) is 6.41. The molecule has 112 valence electrons. The highest BCUT2D eigenvalue weighted by Gasteiger charge is 2.20. The van der Waals surface area contributed by atoms with Crippen molar-refractivity contribution in [3.05, 3.63) is 47.7 Å². The Morgan fingerprint density at radius 3 is 2.52 bits per heavy atom. The minimum absolute atomic E-state index is 0.0615. The zero-order valence-electron chi connectivity index (χ0n) is 12.8. The Morgan fingerprint density at radius 1 is 1.14 bits per heavy atom. The molecule has 0 saturated carbocycles. The molecule has 0 spiro atoms. The monoisotopic (exact) mass is 305 g/mol. The van der Waals surface area contributed by atoms with Gasteiger partial charge in [0.2, 0.25) is 5.88 Å². The number of hydrogen-bond donors (Lipinski definition) is 0. The number of alkyl halides is 1. The van der Waals surface area contributed by atoms with E-state index in [2.05, 4.69) is 25.8 Å². The van der Waals surface area contributed by atoms with Gasteiger partial charge in [-0.15, -0.1) is 11.6 Å². The predicted molar refractivity (Wildman–Crippen MR) is 85.6 cm³/mol. The van der Waals surface area contributed by atoms with Gasteiger partial charge in [-0.2, -0.15) is 0 Å². The summed E-state index contributed by atoms with van der Waals surface area (Å²) in [5.41, 5.74) is 1.99. The molecule has 1 aromatic carbocycles. The van der Waals surface area contributed by atoms with Crippen molar-refractivity contribution in [3.63, 3.8) is 0 Å². The molecule has 0 fully saturated rings. The summed E-state index contributed by atoms with van der Waals surface area (Å²) in [5.74, 6) is 2.58. The SMILES string of the molecule is COc1ccc(Oc2cc(CCl)ccn2)c(C(C)(C)C)c1. The number of rotatable bonds is 4. The minimum Gasteiger partial charge on any atom is -0.497 e. The van der Waals surface area contributed by atoms with Gasteiger partial charge in [-0.25, -0.2) is 4.98 Å². The van der Waals surface area contributed by atoms with Crippen LogP contribution in [0.5, 0.6) is 17.4 Å². The number of aromatic nitrogens is 1. The first-order valence-electron chi connectivity index (χ1n) is 6.81. The van der Waals surface area contributed by atoms with E-state index in [1.54, 1.807) is 13.3 Å². The summed E-state index contributed by atoms with van der Waals surface area (Å²) in [4.78, 5) is 4.24. The lowest BCUT2D eigenvalue weighted by Crippen LogP contribution is -2.13. The van der Waals surface area contributed by atoms with Crippen molar-refractivity contribution >= 4 is 11.6 Å². The van der Waals surface area contributed by atoms with Crippen LogP contribution in [-0.2, 0) is 11.3 Å². The highest BCUT2D eigenvalue weighted by atomic mass is 35.5. The molecule has 0 aliphatic heterocycles. The van der Waals surface area contributed by atoms with Crippen molar-refractivity contribution in [2.45, 2.75) is 32.1 Å². The van der Waals surface area contributed by atoms with Crippen LogP contribution in [0.4, 0.5) is 0 Å². The van der Waals surface area contributed by atoms with Gasteiger partial charge in [-0.3, -0.25) is 0 Å². The molecule has 1 aromatic heterocycles. The first-order chi connectivity index (χ1) is 9.94. The Morgan fingerprint density at radius 2 is 1.90 bits per heavy atom. The molecule has 0 aliphatic carbocycles. The number of methoxy groups -OCH3 is 1. The summed E-state index contributed by atoms with van der Waals surface area (Å²) in [7, 11) is 1.66. The van der Waals surface area contributed by atoms with E-state index in [1.807, 2.05) is 30.3 Å². The smallest absolute Gasteiger partial charge is 0.219 e. The molecule has 0 saturated heterocycles. The topological polar surface area (TPSA) is 31.4 Å². The van der Waals surface area contributed by atoms with Crippen LogP contribution in [-0.4, -0.2) is 12.1 Å². The van der Waals surface area contributed by atoms with E-state index in [0.29, 0.717) is 11.8 Å². The van der Waals surface area contributed by atoms with E-state index in [-0.39, 0.29) is 5.41 Å². The van der Waals surface area contributed by atoms with E-state index in [9.17, 15) is 0 Å². The summed E-state index contributed by atoms with van der Waals surface area (Å²) in [6.07, 6.45) is 1.70. The van der Waals surface area contributed by atoms with Gasteiger partial charge in [0.05, 0.1) is 7.11 Å². The second-order valence-corrected chi connectivity index (χ2v) is 6.12. The molecule has 2 aromatic rings. The molecule has 4 heteroatoms. The molecule has 21 heavy (non-hydrogen) atoms. The molecule has 0 aliphatic rings. The highest BCUT2D eigenvalue weighted by Crippen LogP contribution is 2.36. The maximum Gasteiger partial charge on any atom is 0.219 e. The van der Waals surface area contributed by atoms with Crippen molar-refractivity contribution in [2.24, 2.45) is 0 Å². The lowest BCUT2D eigenvalue weighted by molar-refractivity contribution is 0.405. The van der Waals surface area contributed by atoms with E-state index in [1.165, 1.54) is 0 Å². The maximum absolute atomic E-state index is 5.95. The highest BCUT2D eigenvalue weighted by molar-refractivity contribution is 6.17. The molecular weight excluding hydrogens is 286 g/mol. The van der Waals surface area contributed by atoms with Gasteiger partial charge >= 0.3 is 0 Å². The van der Waals surface area contributed by atoms with E-state index < -0.39 is 0 Å². The predicted octanol–water partition coefficient (Wildman–Crippen LogP) is 4.92. The Labute approximate surface area is 130 Å². The third kappa shape index (κ3) is 3.88. The number of hydrogen-bond acceptors (Lipinski definition) is 3. The van der Waals surface area contributed by atoms with Crippen LogP contribution >= 0.6 is 11.6 Å². The zero-order chi connectivity index (χ0) is 15.5. The lowest BCUT2D eigenvalue weighted by atomic mass is 9.86. The first-order valence-corrected chi connectivity index (χ1v) is 7.35. The average Bonchev–Trinajstić information content (AvgIpc) is 2.46. The number of pyridine rings is 1. The fraction of sp³-hybridized carbons (Fsp3) is 0.353. The summed E-state index contributed by atoms with van der Waals surface area (Å²) < 4.78 is 11.3. The van der Waals surface area contributed by atoms with Gasteiger partial charge in [0, 0.05) is 23.7 Å². The summed E-state index contributed by atoms with van der Waals surface area (Å²) in [6, 6.07) is 9.52. The van der Waals surface area contributed by atoms with Crippen molar-refractivity contribution < 1.29 is 9.47 Å². The molecule has 1 heterocycles. The average molecular weight is 306 g/mol. The fourth-order valence-electron chi connectivity index (χ4n) is 2.01. The van der Waals surface area contributed by atoms with Crippen LogP contribution in [0.15, 0.2) is 36.5 Å². The second kappa shape index (κ2) is 6.35. The van der Waals surface area contributed by atoms with E-state index >= 15 is 0 Å². The van der Waals surface area contributed by atoms with Gasteiger partial charge in [-0.05, 0) is 35.2 Å². The fourth-order valence-corrected chi connectivity index (χ4v) is 2.18. The van der Waals surface area contributed by atoms with Crippen LogP contribution in [0.2, 0.25) is 0 Å². The first kappa shape index (κ1) is 15.6. The van der Waals surface area contributed by atoms with Crippen LogP contribution in [0, 0.1) is 0 Å². The molecule has 0 amide bonds. The molecule has 2 rings (SSSR count). The number of ether oxygens (including phenoxy) is 2. The zero-order valence-corrected chi connectivity index (χ0v) is 13.6. The largest absolute Gasteiger partial charge is 0.497 e. The third-order valence-electron chi connectivity index (χ3n) is 3.16. The normalized spacial score (nSPS) is 11.3. The third-order valence-corrected chi connectivity index (χ3v) is 3.47. The molecular formula is C17H20ClNO2. The van der Waals surface area contributed by atoms with Crippen LogP contribution in [0.1, 0.15) is 31.9 Å². The number of nitrogens with zero attached hydrogens (tertiary/aromatic N) is 1. The van der Waals surface area contributed by atoms with Crippen molar-refractivity contribution in [1.82, 2.24) is 4.98 Å². The molecule has 0 unspecified atom stereocenters. The number of benzene rings is 1. The van der Waals surface area contributed by atoms with E-state index in [0.717, 1.165) is 22.6 Å². The Kier molecular flexibility index (Phi) is 4.73. The second-order valence-electron chi connectivity index (χ2n) is 5.85. The molecule has 3 nitrogen and oxygen atoms in total. The van der Waals surface area contributed by atoms with Gasteiger partial charge in [0.1, 0.15) is 11.5 Å². The van der Waals surface area contributed by atoms with Gasteiger partial charge in [-0.1, -0.05) is 20.8 Å². The quantitative estimate of drug-likeness (QED) is 0.751. The Balaban J connectivity index is 2.39. The maximum atomic E-state index is 5.95. The minimum atomic E-state index is -0.0615. The number of halogens is 1. The van der Waals surface area contributed by atoms with Crippen LogP contribution < -0.4 is 9.47 Å². The summed E-state index contributed by atoms with van der Waals surface area (Å²) in [5, 5.41) is 0. The Hall–Kier alpha value is -1.74. The molecule has 0 atom stereocenters. The van der Waals surface area contributed by atoms with Gasteiger partial charge in [0.25, 0.3) is 0 Å². The van der Waals surface area contributed by atoms with Gasteiger partial charge < -0.3 is 9.47 Å². The van der Waals surface area contributed by atoms with Gasteiger partial charge in [0.15, 0.2) is 0 Å². The Bertz CT molecular complexity index is 620. The van der Waals surface area contributed by atoms with Crippen molar-refractivity contribution in [1.29, 1.82) is 0 Å². The standard InChI is InChI=1S/C17H20ClNO2/c1-17(2,3)14-10-13(20-4)5-6-15(14)21-16-9-12(11-18)7-8-19-16/h5-10H,11H2,1-4H3. The van der Waals surface area contributed by atoms with E-state index in [4.69, 9.17) is 21.1 Å². The molecule has 0 bridgehead atoms. The van der Waals surface area contributed by atoms with Crippen molar-refractivity contribution in [2.75, 3.05) is 7.11 Å². The molecule has 0 radical (unpaired) electrons. The van der Waals surface area contributed by atoms with Crippen LogP contribution in [0.25, 0.3) is 0 Å². The lowest BCUT2D eigenvalue weighted by Gasteiger charge is -2.23. The van der Waals surface area contributed by atoms with Crippen LogP contribution in [0.3, 0.4) is 0 Å².